The van der Waals surface area contributed by atoms with Gasteiger partial charge in [-0.25, -0.2) is 9.78 Å². The van der Waals surface area contributed by atoms with Crippen molar-refractivity contribution in [1.29, 1.82) is 0 Å². The molecule has 0 unspecified atom stereocenters. The molecule has 1 aromatic carbocycles. The molecule has 2 heterocycles. The normalized spacial score (nSPS) is 14.7. The molecule has 1 saturated carbocycles. The van der Waals surface area contributed by atoms with Crippen LogP contribution in [-0.2, 0) is 0 Å². The number of carbonyl (C=O) groups excluding carboxylic acids is 1. The number of benzene rings is 1. The molecule has 0 saturated heterocycles. The number of hydrogen-bond acceptors (Lipinski definition) is 5. The highest BCUT2D eigenvalue weighted by molar-refractivity contribution is 5.71. The van der Waals surface area contributed by atoms with E-state index in [1.807, 2.05) is 0 Å². The Hall–Kier alpha value is -3.42. The number of nitro groups is 1. The topological polar surface area (TPSA) is 98.8 Å². The molecule has 0 spiro atoms. The first kappa shape index (κ1) is 18.0. The number of imidazole rings is 1. The van der Waals surface area contributed by atoms with E-state index in [1.165, 1.54) is 18.7 Å². The third-order valence-electron chi connectivity index (χ3n) is 4.93. The number of hydrogen-bond donors (Lipinski definition) is 1. The number of nitrogens with one attached hydrogen (secondary N) is 1. The lowest BCUT2D eigenvalue weighted by Crippen LogP contribution is -2.37. The lowest BCUT2D eigenvalue weighted by atomic mass is 9.96. The van der Waals surface area contributed by atoms with E-state index in [4.69, 9.17) is 4.74 Å². The van der Waals surface area contributed by atoms with Crippen molar-refractivity contribution in [2.75, 3.05) is 0 Å². The summed E-state index contributed by atoms with van der Waals surface area (Å²) in [6, 6.07) is 10.3. The second kappa shape index (κ2) is 7.67. The molecule has 1 aliphatic rings. The monoisotopic (exact) mass is 380 g/mol. The molecule has 0 aliphatic heterocycles. The molecule has 8 heteroatoms. The lowest BCUT2D eigenvalue weighted by Gasteiger charge is -2.22. The molecule has 1 N–H and O–H groups in total. The molecule has 1 aliphatic carbocycles. The van der Waals surface area contributed by atoms with Gasteiger partial charge in [0.05, 0.1) is 16.8 Å². The third kappa shape index (κ3) is 3.95. The number of rotatable bonds is 4. The molecule has 0 atom stereocenters. The minimum Gasteiger partial charge on any atom is -0.410 e. The molecule has 0 radical (unpaired) electrons. The van der Waals surface area contributed by atoms with Crippen LogP contribution in [0.15, 0.2) is 48.8 Å². The molecular weight excluding hydrogens is 360 g/mol. The van der Waals surface area contributed by atoms with Gasteiger partial charge in [-0.05, 0) is 43.2 Å². The van der Waals surface area contributed by atoms with E-state index >= 15 is 0 Å². The number of fused-ring (bicyclic) bond motifs is 1. The fourth-order valence-corrected chi connectivity index (χ4v) is 3.47. The Morgan fingerprint density at radius 2 is 1.86 bits per heavy atom. The van der Waals surface area contributed by atoms with Gasteiger partial charge in [0.15, 0.2) is 0 Å². The number of aromatic nitrogens is 2. The van der Waals surface area contributed by atoms with Gasteiger partial charge in [0.2, 0.25) is 0 Å². The summed E-state index contributed by atoms with van der Waals surface area (Å²) < 4.78 is 6.98. The number of amides is 1. The summed E-state index contributed by atoms with van der Waals surface area (Å²) in [5.41, 5.74) is 2.13. The van der Waals surface area contributed by atoms with Crippen LogP contribution in [0.5, 0.6) is 5.75 Å². The number of ether oxygens (including phenoxy) is 1. The largest absolute Gasteiger partial charge is 0.412 e. The fraction of sp³-hybridized carbons (Fsp3) is 0.300. The van der Waals surface area contributed by atoms with Crippen molar-refractivity contribution < 1.29 is 14.5 Å². The zero-order chi connectivity index (χ0) is 19.5. The van der Waals surface area contributed by atoms with Crippen molar-refractivity contribution in [1.82, 2.24) is 14.7 Å². The first-order valence-electron chi connectivity index (χ1n) is 9.30. The lowest BCUT2D eigenvalue weighted by molar-refractivity contribution is -0.385. The van der Waals surface area contributed by atoms with Crippen molar-refractivity contribution in [3.8, 4) is 17.0 Å². The van der Waals surface area contributed by atoms with E-state index in [2.05, 4.69) is 10.3 Å². The zero-order valence-corrected chi connectivity index (χ0v) is 15.2. The standard InChI is InChI=1S/C20H20N4O4/c25-20(21-15-4-2-1-3-5-15)28-17-9-6-14(7-10-17)18-13-23-12-16(24(26)27)8-11-19(23)22-18/h6-13,15H,1-5H2,(H,21,25). The third-order valence-corrected chi connectivity index (χ3v) is 4.93. The maximum Gasteiger partial charge on any atom is 0.412 e. The maximum atomic E-state index is 12.0. The Morgan fingerprint density at radius 3 is 2.57 bits per heavy atom. The Labute approximate surface area is 161 Å². The molecule has 2 aromatic heterocycles. The van der Waals surface area contributed by atoms with Crippen LogP contribution in [0.25, 0.3) is 16.9 Å². The molecule has 1 amide bonds. The Morgan fingerprint density at radius 1 is 1.11 bits per heavy atom. The van der Waals surface area contributed by atoms with Gasteiger partial charge >= 0.3 is 6.09 Å². The second-order valence-electron chi connectivity index (χ2n) is 6.93. The van der Waals surface area contributed by atoms with Crippen molar-refractivity contribution in [3.63, 3.8) is 0 Å². The van der Waals surface area contributed by atoms with Gasteiger partial charge in [-0.1, -0.05) is 19.3 Å². The first-order chi connectivity index (χ1) is 13.6. The van der Waals surface area contributed by atoms with E-state index in [0.717, 1.165) is 31.2 Å². The first-order valence-corrected chi connectivity index (χ1v) is 9.30. The second-order valence-corrected chi connectivity index (χ2v) is 6.93. The van der Waals surface area contributed by atoms with Crippen LogP contribution in [0.2, 0.25) is 0 Å². The van der Waals surface area contributed by atoms with Gasteiger partial charge in [0.25, 0.3) is 5.69 Å². The van der Waals surface area contributed by atoms with E-state index in [0.29, 0.717) is 17.1 Å². The summed E-state index contributed by atoms with van der Waals surface area (Å²) in [4.78, 5) is 27.0. The average Bonchev–Trinajstić information content (AvgIpc) is 3.12. The average molecular weight is 380 g/mol. The maximum absolute atomic E-state index is 12.0. The molecule has 8 nitrogen and oxygen atoms in total. The zero-order valence-electron chi connectivity index (χ0n) is 15.2. The van der Waals surface area contributed by atoms with Crippen LogP contribution in [-0.4, -0.2) is 26.4 Å². The smallest absolute Gasteiger partial charge is 0.410 e. The van der Waals surface area contributed by atoms with Crippen molar-refractivity contribution >= 4 is 17.4 Å². The van der Waals surface area contributed by atoms with E-state index in [-0.39, 0.29) is 11.7 Å². The van der Waals surface area contributed by atoms with E-state index in [9.17, 15) is 14.9 Å². The summed E-state index contributed by atoms with van der Waals surface area (Å²) >= 11 is 0. The van der Waals surface area contributed by atoms with Gasteiger partial charge in [-0.2, -0.15) is 0 Å². The highest BCUT2D eigenvalue weighted by atomic mass is 16.6. The van der Waals surface area contributed by atoms with Crippen LogP contribution >= 0.6 is 0 Å². The summed E-state index contributed by atoms with van der Waals surface area (Å²) in [6.07, 6.45) is 8.24. The Balaban J connectivity index is 1.44. The molecule has 3 aromatic rings. The van der Waals surface area contributed by atoms with Gasteiger partial charge < -0.3 is 10.1 Å². The van der Waals surface area contributed by atoms with E-state index < -0.39 is 11.0 Å². The van der Waals surface area contributed by atoms with Crippen LogP contribution < -0.4 is 10.1 Å². The molecule has 1 fully saturated rings. The SMILES string of the molecule is O=C(NC1CCCCC1)Oc1ccc(-c2cn3cc([N+](=O)[O-])ccc3n2)cc1. The summed E-state index contributed by atoms with van der Waals surface area (Å²) in [5.74, 6) is 0.455. The number of nitrogens with zero attached hydrogens (tertiary/aromatic N) is 3. The van der Waals surface area contributed by atoms with Crippen molar-refractivity contribution in [2.45, 2.75) is 38.1 Å². The highest BCUT2D eigenvalue weighted by Crippen LogP contribution is 2.24. The van der Waals surface area contributed by atoms with Crippen LogP contribution in [0.4, 0.5) is 10.5 Å². The molecular formula is C20H20N4O4. The predicted molar refractivity (Wildman–Crippen MR) is 103 cm³/mol. The molecule has 0 bridgehead atoms. The molecule has 4 rings (SSSR count). The van der Waals surface area contributed by atoms with Crippen molar-refractivity contribution in [2.24, 2.45) is 0 Å². The van der Waals surface area contributed by atoms with Crippen molar-refractivity contribution in [3.05, 3.63) is 58.9 Å². The molecule has 28 heavy (non-hydrogen) atoms. The fourth-order valence-electron chi connectivity index (χ4n) is 3.47. The number of pyridine rings is 1. The summed E-state index contributed by atoms with van der Waals surface area (Å²) in [5, 5.41) is 13.8. The molecule has 144 valence electrons. The minimum absolute atomic E-state index is 0.00387. The van der Waals surface area contributed by atoms with Gasteiger partial charge in [-0.3, -0.25) is 14.5 Å². The predicted octanol–water partition coefficient (Wildman–Crippen LogP) is 4.33. The van der Waals surface area contributed by atoms with Crippen LogP contribution in [0.3, 0.4) is 0 Å². The van der Waals surface area contributed by atoms with Gasteiger partial charge in [0.1, 0.15) is 11.4 Å². The van der Waals surface area contributed by atoms with Crippen LogP contribution in [0.1, 0.15) is 32.1 Å². The summed E-state index contributed by atoms with van der Waals surface area (Å²) in [7, 11) is 0. The van der Waals surface area contributed by atoms with Gasteiger partial charge in [-0.15, -0.1) is 0 Å². The summed E-state index contributed by atoms with van der Waals surface area (Å²) in [6.45, 7) is 0. The Kier molecular flexibility index (Phi) is 4.92. The van der Waals surface area contributed by atoms with Crippen LogP contribution in [0, 0.1) is 10.1 Å². The van der Waals surface area contributed by atoms with E-state index in [1.54, 1.807) is 40.9 Å². The quantitative estimate of drug-likeness (QED) is 0.536. The van der Waals surface area contributed by atoms with Gasteiger partial charge in [0, 0.05) is 23.9 Å². The Bertz CT molecular complexity index is 1010. The highest BCUT2D eigenvalue weighted by Gasteiger charge is 2.17. The minimum atomic E-state index is -0.441. The number of carbonyl (C=O) groups is 1.